The molecule has 0 saturated carbocycles. The van der Waals surface area contributed by atoms with Gasteiger partial charge >= 0.3 is 6.61 Å². The number of carbonyl (C=O) groups excluding carboxylic acids is 1. The molecule has 0 unspecified atom stereocenters. The molecule has 0 saturated heterocycles. The zero-order chi connectivity index (χ0) is 19.1. The minimum atomic E-state index is -4.02. The highest BCUT2D eigenvalue weighted by Gasteiger charge is 2.38. The summed E-state index contributed by atoms with van der Waals surface area (Å²) in [7, 11) is -4.02. The Morgan fingerprint density at radius 3 is 2.58 bits per heavy atom. The first-order chi connectivity index (χ1) is 12.1. The van der Waals surface area contributed by atoms with Crippen LogP contribution >= 0.6 is 0 Å². The average Bonchev–Trinajstić information content (AvgIpc) is 2.77. The lowest BCUT2D eigenvalue weighted by molar-refractivity contribution is -0.119. The number of hydrogen-bond acceptors (Lipinski definition) is 4. The molecular formula is C17H16F2N2O4S. The van der Waals surface area contributed by atoms with E-state index in [9.17, 15) is 22.0 Å². The topological polar surface area (TPSA) is 84.5 Å². The van der Waals surface area contributed by atoms with Gasteiger partial charge in [-0.2, -0.15) is 8.78 Å². The highest BCUT2D eigenvalue weighted by molar-refractivity contribution is 7.92. The fraction of sp³-hybridized carbons (Fsp3) is 0.235. The maximum atomic E-state index is 12.5. The van der Waals surface area contributed by atoms with Gasteiger partial charge in [-0.3, -0.25) is 9.52 Å². The van der Waals surface area contributed by atoms with Crippen molar-refractivity contribution < 1.29 is 26.7 Å². The summed E-state index contributed by atoms with van der Waals surface area (Å²) >= 11 is 0. The van der Waals surface area contributed by atoms with E-state index >= 15 is 0 Å². The number of carbonyl (C=O) groups is 1. The molecule has 1 amide bonds. The Hall–Kier alpha value is -2.68. The van der Waals surface area contributed by atoms with E-state index in [1.807, 2.05) is 0 Å². The predicted octanol–water partition coefficient (Wildman–Crippen LogP) is 3.32. The molecular weight excluding hydrogens is 366 g/mol. The van der Waals surface area contributed by atoms with E-state index in [1.54, 1.807) is 26.0 Å². The molecule has 0 aromatic heterocycles. The van der Waals surface area contributed by atoms with Gasteiger partial charge in [0.1, 0.15) is 5.75 Å². The summed E-state index contributed by atoms with van der Waals surface area (Å²) in [5.41, 5.74) is 0.753. The van der Waals surface area contributed by atoms with Crippen LogP contribution in [0.3, 0.4) is 0 Å². The van der Waals surface area contributed by atoms with E-state index in [4.69, 9.17) is 0 Å². The number of halogens is 2. The van der Waals surface area contributed by atoms with E-state index in [0.29, 0.717) is 11.3 Å². The van der Waals surface area contributed by atoms with Crippen molar-refractivity contribution in [2.75, 3.05) is 10.0 Å². The van der Waals surface area contributed by atoms with E-state index < -0.39 is 22.0 Å². The van der Waals surface area contributed by atoms with Gasteiger partial charge in [-0.05, 0) is 49.7 Å². The molecule has 2 aromatic rings. The minimum Gasteiger partial charge on any atom is -0.435 e. The Morgan fingerprint density at radius 2 is 1.88 bits per heavy atom. The van der Waals surface area contributed by atoms with Crippen molar-refractivity contribution >= 4 is 27.3 Å². The van der Waals surface area contributed by atoms with E-state index in [-0.39, 0.29) is 22.2 Å². The number of ether oxygens (including phenoxy) is 1. The quantitative estimate of drug-likeness (QED) is 0.831. The fourth-order valence-corrected chi connectivity index (χ4v) is 3.75. The highest BCUT2D eigenvalue weighted by atomic mass is 32.2. The normalized spacial score (nSPS) is 15.5. The number of amides is 1. The lowest BCUT2D eigenvalue weighted by Crippen LogP contribution is -2.26. The SMILES string of the molecule is CC1(C)C(=O)Nc2ccc(NS(=O)(=O)c3cccc(OC(F)F)c3)cc21. The van der Waals surface area contributed by atoms with Crippen LogP contribution in [0.25, 0.3) is 0 Å². The van der Waals surface area contributed by atoms with Gasteiger partial charge in [0, 0.05) is 17.4 Å². The number of anilines is 2. The zero-order valence-electron chi connectivity index (χ0n) is 13.9. The maximum Gasteiger partial charge on any atom is 0.387 e. The Kier molecular flexibility index (Phi) is 4.35. The number of nitrogens with one attached hydrogen (secondary N) is 2. The van der Waals surface area contributed by atoms with Crippen LogP contribution in [0.2, 0.25) is 0 Å². The fourth-order valence-electron chi connectivity index (χ4n) is 2.67. The maximum absolute atomic E-state index is 12.5. The number of rotatable bonds is 5. The molecule has 0 bridgehead atoms. The molecule has 1 heterocycles. The van der Waals surface area contributed by atoms with Crippen LogP contribution in [0.15, 0.2) is 47.4 Å². The molecule has 0 fully saturated rings. The molecule has 0 aliphatic carbocycles. The van der Waals surface area contributed by atoms with Gasteiger partial charge in [-0.1, -0.05) is 6.07 Å². The standard InChI is InChI=1S/C17H16F2N2O4S/c1-17(2)13-8-10(6-7-14(13)20-15(17)22)21-26(23,24)12-5-3-4-11(9-12)25-16(18)19/h3-9,16,21H,1-2H3,(H,20,22). The van der Waals surface area contributed by atoms with Crippen molar-refractivity contribution in [3.63, 3.8) is 0 Å². The van der Waals surface area contributed by atoms with Crippen LogP contribution in [0.4, 0.5) is 20.2 Å². The van der Waals surface area contributed by atoms with Gasteiger partial charge in [-0.15, -0.1) is 0 Å². The molecule has 1 aliphatic heterocycles. The molecule has 6 nitrogen and oxygen atoms in total. The van der Waals surface area contributed by atoms with Gasteiger partial charge in [0.25, 0.3) is 10.0 Å². The van der Waals surface area contributed by atoms with Gasteiger partial charge in [0.05, 0.1) is 10.3 Å². The summed E-state index contributed by atoms with van der Waals surface area (Å²) in [5, 5.41) is 2.73. The lowest BCUT2D eigenvalue weighted by atomic mass is 9.86. The molecule has 0 spiro atoms. The first kappa shape index (κ1) is 18.1. The first-order valence-electron chi connectivity index (χ1n) is 7.63. The Balaban J connectivity index is 1.90. The summed E-state index contributed by atoms with van der Waals surface area (Å²) < 4.78 is 56.3. The lowest BCUT2D eigenvalue weighted by Gasteiger charge is -2.16. The summed E-state index contributed by atoms with van der Waals surface area (Å²) in [6.07, 6.45) is 0. The van der Waals surface area contributed by atoms with Crippen molar-refractivity contribution in [3.8, 4) is 5.75 Å². The summed E-state index contributed by atoms with van der Waals surface area (Å²) in [6, 6.07) is 9.51. The van der Waals surface area contributed by atoms with Gasteiger partial charge in [0.2, 0.25) is 5.91 Å². The van der Waals surface area contributed by atoms with E-state index in [2.05, 4.69) is 14.8 Å². The number of benzene rings is 2. The Labute approximate surface area is 149 Å². The molecule has 2 N–H and O–H groups in total. The van der Waals surface area contributed by atoms with E-state index in [0.717, 1.165) is 6.07 Å². The van der Waals surface area contributed by atoms with Crippen LogP contribution in [0.1, 0.15) is 19.4 Å². The molecule has 2 aromatic carbocycles. The van der Waals surface area contributed by atoms with Gasteiger partial charge in [0.15, 0.2) is 0 Å². The van der Waals surface area contributed by atoms with Crippen molar-refractivity contribution in [3.05, 3.63) is 48.0 Å². The van der Waals surface area contributed by atoms with E-state index in [1.165, 1.54) is 24.3 Å². The molecule has 1 aliphatic rings. The number of hydrogen-bond donors (Lipinski definition) is 2. The molecule has 0 radical (unpaired) electrons. The summed E-state index contributed by atoms with van der Waals surface area (Å²) in [5.74, 6) is -0.433. The second-order valence-corrected chi connectivity index (χ2v) is 7.98. The van der Waals surface area contributed by atoms with Crippen LogP contribution in [0, 0.1) is 0 Å². The molecule has 9 heteroatoms. The first-order valence-corrected chi connectivity index (χ1v) is 9.11. The second-order valence-electron chi connectivity index (χ2n) is 6.30. The van der Waals surface area contributed by atoms with Crippen molar-refractivity contribution in [2.45, 2.75) is 30.8 Å². The second kappa shape index (κ2) is 6.24. The largest absolute Gasteiger partial charge is 0.435 e. The Morgan fingerprint density at radius 1 is 1.15 bits per heavy atom. The van der Waals surface area contributed by atoms with Crippen LogP contribution in [-0.4, -0.2) is 20.9 Å². The molecule has 138 valence electrons. The number of sulfonamides is 1. The van der Waals surface area contributed by atoms with Crippen molar-refractivity contribution in [1.29, 1.82) is 0 Å². The van der Waals surface area contributed by atoms with Crippen LogP contribution in [0.5, 0.6) is 5.75 Å². The molecule has 0 atom stereocenters. The number of fused-ring (bicyclic) bond motifs is 1. The third kappa shape index (κ3) is 3.34. The monoisotopic (exact) mass is 382 g/mol. The molecule has 3 rings (SSSR count). The average molecular weight is 382 g/mol. The highest BCUT2D eigenvalue weighted by Crippen LogP contribution is 2.39. The molecule has 26 heavy (non-hydrogen) atoms. The van der Waals surface area contributed by atoms with Gasteiger partial charge in [-0.25, -0.2) is 8.42 Å². The summed E-state index contributed by atoms with van der Waals surface area (Å²) in [6.45, 7) is 0.416. The van der Waals surface area contributed by atoms with Gasteiger partial charge < -0.3 is 10.1 Å². The van der Waals surface area contributed by atoms with Crippen LogP contribution in [-0.2, 0) is 20.2 Å². The third-order valence-corrected chi connectivity index (χ3v) is 5.48. The zero-order valence-corrected chi connectivity index (χ0v) is 14.7. The number of alkyl halides is 2. The minimum absolute atomic E-state index is 0.177. The summed E-state index contributed by atoms with van der Waals surface area (Å²) in [4.78, 5) is 11.8. The van der Waals surface area contributed by atoms with Crippen molar-refractivity contribution in [1.82, 2.24) is 0 Å². The smallest absolute Gasteiger partial charge is 0.387 e. The Bertz CT molecular complexity index is 974. The van der Waals surface area contributed by atoms with Crippen LogP contribution < -0.4 is 14.8 Å². The third-order valence-electron chi connectivity index (χ3n) is 4.10. The van der Waals surface area contributed by atoms with Crippen molar-refractivity contribution in [2.24, 2.45) is 0 Å². The predicted molar refractivity (Wildman–Crippen MR) is 92.0 cm³/mol.